The van der Waals surface area contributed by atoms with Crippen LogP contribution >= 0.6 is 11.6 Å². The third-order valence-corrected chi connectivity index (χ3v) is 4.53. The maximum absolute atomic E-state index is 12.6. The van der Waals surface area contributed by atoms with Crippen LogP contribution in [0.25, 0.3) is 0 Å². The highest BCUT2D eigenvalue weighted by atomic mass is 35.5. The fourth-order valence-electron chi connectivity index (χ4n) is 2.85. The van der Waals surface area contributed by atoms with E-state index >= 15 is 0 Å². The topological polar surface area (TPSA) is 75.4 Å². The summed E-state index contributed by atoms with van der Waals surface area (Å²) in [6.45, 7) is 5.39. The van der Waals surface area contributed by atoms with Crippen LogP contribution in [0.1, 0.15) is 39.5 Å². The SMILES string of the molecule is CC(C)[C@H](NC(=O)C1=C(Cl)CCC=C1N)C(=O)N1CCCC1. The molecule has 3 N–H and O–H groups in total. The molecule has 1 heterocycles. The number of nitrogens with one attached hydrogen (secondary N) is 1. The first kappa shape index (κ1) is 16.9. The van der Waals surface area contributed by atoms with Crippen LogP contribution in [0.4, 0.5) is 0 Å². The first-order chi connectivity index (χ1) is 10.4. The van der Waals surface area contributed by atoms with E-state index in [0.717, 1.165) is 32.4 Å². The van der Waals surface area contributed by atoms with E-state index in [1.54, 1.807) is 6.08 Å². The Morgan fingerprint density at radius 3 is 2.50 bits per heavy atom. The molecule has 0 aromatic carbocycles. The number of nitrogens with zero attached hydrogens (tertiary/aromatic N) is 1. The van der Waals surface area contributed by atoms with E-state index in [0.29, 0.717) is 22.7 Å². The van der Waals surface area contributed by atoms with Gasteiger partial charge in [-0.3, -0.25) is 9.59 Å². The lowest BCUT2D eigenvalue weighted by Crippen LogP contribution is -2.51. The van der Waals surface area contributed by atoms with Crippen LogP contribution in [0.2, 0.25) is 0 Å². The molecule has 5 nitrogen and oxygen atoms in total. The zero-order valence-corrected chi connectivity index (χ0v) is 13.9. The molecule has 2 rings (SSSR count). The highest BCUT2D eigenvalue weighted by molar-refractivity contribution is 6.32. The van der Waals surface area contributed by atoms with Crippen molar-refractivity contribution in [2.45, 2.75) is 45.6 Å². The quantitative estimate of drug-likeness (QED) is 0.828. The summed E-state index contributed by atoms with van der Waals surface area (Å²) < 4.78 is 0. The summed E-state index contributed by atoms with van der Waals surface area (Å²) in [5, 5.41) is 3.30. The van der Waals surface area contributed by atoms with Crippen molar-refractivity contribution < 1.29 is 9.59 Å². The molecule has 0 radical (unpaired) electrons. The Hall–Kier alpha value is -1.49. The van der Waals surface area contributed by atoms with E-state index < -0.39 is 6.04 Å². The van der Waals surface area contributed by atoms with Gasteiger partial charge < -0.3 is 16.0 Å². The lowest BCUT2D eigenvalue weighted by Gasteiger charge is -2.27. The van der Waals surface area contributed by atoms with Crippen LogP contribution in [-0.2, 0) is 9.59 Å². The summed E-state index contributed by atoms with van der Waals surface area (Å²) in [5.74, 6) is -0.370. The van der Waals surface area contributed by atoms with Gasteiger partial charge in [0.2, 0.25) is 5.91 Å². The molecular formula is C16H24ClN3O2. The van der Waals surface area contributed by atoms with Crippen molar-refractivity contribution in [3.05, 3.63) is 22.4 Å². The number of halogens is 1. The zero-order chi connectivity index (χ0) is 16.3. The van der Waals surface area contributed by atoms with Gasteiger partial charge in [0.05, 0.1) is 5.57 Å². The van der Waals surface area contributed by atoms with Crippen molar-refractivity contribution >= 4 is 23.4 Å². The van der Waals surface area contributed by atoms with Gasteiger partial charge in [0, 0.05) is 23.8 Å². The molecule has 1 aliphatic carbocycles. The van der Waals surface area contributed by atoms with E-state index in [4.69, 9.17) is 17.3 Å². The van der Waals surface area contributed by atoms with Crippen molar-refractivity contribution in [1.82, 2.24) is 10.2 Å². The maximum atomic E-state index is 12.6. The monoisotopic (exact) mass is 325 g/mol. The summed E-state index contributed by atoms with van der Waals surface area (Å²) >= 11 is 6.14. The third-order valence-electron chi connectivity index (χ3n) is 4.15. The average molecular weight is 326 g/mol. The van der Waals surface area contributed by atoms with Gasteiger partial charge in [-0.1, -0.05) is 31.5 Å². The first-order valence-corrected chi connectivity index (χ1v) is 8.24. The second-order valence-corrected chi connectivity index (χ2v) is 6.66. The lowest BCUT2D eigenvalue weighted by atomic mass is 9.99. The first-order valence-electron chi connectivity index (χ1n) is 7.86. The van der Waals surface area contributed by atoms with Crippen molar-refractivity contribution in [2.75, 3.05) is 13.1 Å². The number of carbonyl (C=O) groups excluding carboxylic acids is 2. The maximum Gasteiger partial charge on any atom is 0.255 e. The van der Waals surface area contributed by atoms with Crippen LogP contribution in [0.3, 0.4) is 0 Å². The Morgan fingerprint density at radius 2 is 1.95 bits per heavy atom. The summed E-state index contributed by atoms with van der Waals surface area (Å²) in [6.07, 6.45) is 5.20. The molecule has 22 heavy (non-hydrogen) atoms. The fraction of sp³-hybridized carbons (Fsp3) is 0.625. The second-order valence-electron chi connectivity index (χ2n) is 6.21. The summed E-state index contributed by atoms with van der Waals surface area (Å²) in [6, 6.07) is -0.544. The van der Waals surface area contributed by atoms with Gasteiger partial charge in [0.25, 0.3) is 5.91 Å². The highest BCUT2D eigenvalue weighted by Gasteiger charge is 2.31. The van der Waals surface area contributed by atoms with Crippen molar-refractivity contribution in [3.63, 3.8) is 0 Å². The summed E-state index contributed by atoms with van der Waals surface area (Å²) in [5.41, 5.74) is 6.59. The van der Waals surface area contributed by atoms with Crippen LogP contribution < -0.4 is 11.1 Å². The molecule has 2 amide bonds. The van der Waals surface area contributed by atoms with E-state index in [-0.39, 0.29) is 17.7 Å². The molecule has 0 spiro atoms. The fourth-order valence-corrected chi connectivity index (χ4v) is 3.16. The van der Waals surface area contributed by atoms with E-state index in [1.165, 1.54) is 0 Å². The molecular weight excluding hydrogens is 302 g/mol. The van der Waals surface area contributed by atoms with Gasteiger partial charge in [-0.05, 0) is 31.6 Å². The molecule has 0 aromatic rings. The van der Waals surface area contributed by atoms with Gasteiger partial charge in [-0.2, -0.15) is 0 Å². The number of likely N-dealkylation sites (tertiary alicyclic amines) is 1. The van der Waals surface area contributed by atoms with Crippen molar-refractivity contribution in [3.8, 4) is 0 Å². The van der Waals surface area contributed by atoms with Gasteiger partial charge >= 0.3 is 0 Å². The number of hydrogen-bond acceptors (Lipinski definition) is 3. The molecule has 1 saturated heterocycles. The third kappa shape index (κ3) is 3.64. The van der Waals surface area contributed by atoms with E-state index in [2.05, 4.69) is 5.32 Å². The smallest absolute Gasteiger partial charge is 0.255 e. The normalized spacial score (nSPS) is 20.2. The number of allylic oxidation sites excluding steroid dienone is 2. The Balaban J connectivity index is 2.12. The second kappa shape index (κ2) is 7.18. The molecule has 6 heteroatoms. The van der Waals surface area contributed by atoms with Crippen LogP contribution in [0, 0.1) is 5.92 Å². The minimum atomic E-state index is -0.544. The van der Waals surface area contributed by atoms with Crippen molar-refractivity contribution in [1.29, 1.82) is 0 Å². The molecule has 2 aliphatic rings. The van der Waals surface area contributed by atoms with Crippen LogP contribution in [0.15, 0.2) is 22.4 Å². The van der Waals surface area contributed by atoms with Crippen molar-refractivity contribution in [2.24, 2.45) is 11.7 Å². The summed E-state index contributed by atoms with van der Waals surface area (Å²) in [7, 11) is 0. The predicted molar refractivity (Wildman–Crippen MR) is 87.0 cm³/mol. The van der Waals surface area contributed by atoms with Gasteiger partial charge in [0.1, 0.15) is 6.04 Å². The summed E-state index contributed by atoms with van der Waals surface area (Å²) in [4.78, 5) is 26.9. The molecule has 1 atom stereocenters. The van der Waals surface area contributed by atoms with E-state index in [9.17, 15) is 9.59 Å². The zero-order valence-electron chi connectivity index (χ0n) is 13.2. The number of hydrogen-bond donors (Lipinski definition) is 2. The lowest BCUT2D eigenvalue weighted by molar-refractivity contribution is -0.136. The minimum Gasteiger partial charge on any atom is -0.398 e. The predicted octanol–water partition coefficient (Wildman–Crippen LogP) is 1.88. The number of amides is 2. The van der Waals surface area contributed by atoms with E-state index in [1.807, 2.05) is 18.7 Å². The van der Waals surface area contributed by atoms with Gasteiger partial charge in [-0.15, -0.1) is 0 Å². The minimum absolute atomic E-state index is 0.00483. The largest absolute Gasteiger partial charge is 0.398 e. The Morgan fingerprint density at radius 1 is 1.32 bits per heavy atom. The van der Waals surface area contributed by atoms with Crippen LogP contribution in [-0.4, -0.2) is 35.8 Å². The number of rotatable bonds is 4. The molecule has 0 bridgehead atoms. The van der Waals surface area contributed by atoms with Gasteiger partial charge in [0.15, 0.2) is 0 Å². The Bertz CT molecular complexity index is 519. The molecule has 122 valence electrons. The molecule has 0 unspecified atom stereocenters. The number of nitrogens with two attached hydrogens (primary N) is 1. The molecule has 0 aromatic heterocycles. The molecule has 1 fully saturated rings. The Kier molecular flexibility index (Phi) is 5.51. The number of carbonyl (C=O) groups is 2. The Labute approximate surface area is 136 Å². The molecule has 1 aliphatic heterocycles. The van der Waals surface area contributed by atoms with Gasteiger partial charge in [-0.25, -0.2) is 0 Å². The average Bonchev–Trinajstić information content (AvgIpc) is 2.97. The van der Waals surface area contributed by atoms with Crippen LogP contribution in [0.5, 0.6) is 0 Å². The highest BCUT2D eigenvalue weighted by Crippen LogP contribution is 2.26. The standard InChI is InChI=1S/C16H24ClN3O2/c1-10(2)14(16(22)20-8-3-4-9-20)19-15(21)13-11(17)6-5-7-12(13)18/h7,10,14H,3-6,8-9,18H2,1-2H3,(H,19,21)/t14-/m0/s1. The molecule has 0 saturated carbocycles.